The predicted molar refractivity (Wildman–Crippen MR) is 84.8 cm³/mol. The fourth-order valence-electron chi connectivity index (χ4n) is 4.36. The zero-order chi connectivity index (χ0) is 13.9. The Morgan fingerprint density at radius 1 is 0.850 bits per heavy atom. The van der Waals surface area contributed by atoms with Crippen molar-refractivity contribution in [3.8, 4) is 0 Å². The molecule has 0 bridgehead atoms. The van der Waals surface area contributed by atoms with E-state index in [2.05, 4.69) is 31.0 Å². The smallest absolute Gasteiger partial charge is 0.0434 e. The van der Waals surface area contributed by atoms with Crippen LogP contribution in [0.4, 0.5) is 0 Å². The van der Waals surface area contributed by atoms with E-state index in [9.17, 15) is 0 Å². The van der Waals surface area contributed by atoms with E-state index in [1.54, 1.807) is 0 Å². The molecular weight excluding hydrogens is 242 g/mol. The molecule has 1 heterocycles. The first-order chi connectivity index (χ1) is 9.72. The minimum atomic E-state index is 0.731. The molecule has 0 spiro atoms. The SMILES string of the molecule is Cc1ccc(C2CCC(C3CCC(C)CC3)CC2)nc1. The summed E-state index contributed by atoms with van der Waals surface area (Å²) in [5.74, 6) is 3.77. The molecule has 0 aromatic carbocycles. The third-order valence-corrected chi connectivity index (χ3v) is 5.85. The molecule has 0 atom stereocenters. The van der Waals surface area contributed by atoms with Gasteiger partial charge in [0.15, 0.2) is 0 Å². The standard InChI is InChI=1S/C19H29N/c1-14-3-6-16(7-4-14)17-8-10-18(11-9-17)19-12-5-15(2)13-20-19/h5,12-14,16-18H,3-4,6-11H2,1-2H3. The third kappa shape index (κ3) is 3.24. The lowest BCUT2D eigenvalue weighted by Gasteiger charge is -2.37. The maximum absolute atomic E-state index is 4.65. The molecule has 0 aliphatic heterocycles. The molecule has 0 unspecified atom stereocenters. The van der Waals surface area contributed by atoms with Crippen molar-refractivity contribution in [2.24, 2.45) is 17.8 Å². The van der Waals surface area contributed by atoms with Gasteiger partial charge in [0.05, 0.1) is 0 Å². The Labute approximate surface area is 124 Å². The summed E-state index contributed by atoms with van der Waals surface area (Å²) in [6.07, 6.45) is 13.6. The molecule has 2 aliphatic carbocycles. The first kappa shape index (κ1) is 14.1. The lowest BCUT2D eigenvalue weighted by molar-refractivity contribution is 0.164. The Bertz CT molecular complexity index is 406. The van der Waals surface area contributed by atoms with Gasteiger partial charge in [-0.2, -0.15) is 0 Å². The molecule has 1 aromatic rings. The van der Waals surface area contributed by atoms with E-state index in [1.807, 2.05) is 6.20 Å². The van der Waals surface area contributed by atoms with Crippen molar-refractivity contribution in [3.63, 3.8) is 0 Å². The maximum Gasteiger partial charge on any atom is 0.0434 e. The van der Waals surface area contributed by atoms with Gasteiger partial charge in [0.1, 0.15) is 0 Å². The molecule has 0 radical (unpaired) electrons. The minimum Gasteiger partial charge on any atom is -0.261 e. The van der Waals surface area contributed by atoms with Crippen LogP contribution in [0.15, 0.2) is 18.3 Å². The second-order valence-electron chi connectivity index (χ2n) is 7.39. The van der Waals surface area contributed by atoms with Crippen LogP contribution in [0.5, 0.6) is 0 Å². The quantitative estimate of drug-likeness (QED) is 0.693. The van der Waals surface area contributed by atoms with E-state index in [1.165, 1.54) is 62.6 Å². The Kier molecular flexibility index (Phi) is 4.43. The topological polar surface area (TPSA) is 12.9 Å². The lowest BCUT2D eigenvalue weighted by atomic mass is 9.69. The second kappa shape index (κ2) is 6.28. The summed E-state index contributed by atoms with van der Waals surface area (Å²) in [6, 6.07) is 4.47. The van der Waals surface area contributed by atoms with Crippen LogP contribution < -0.4 is 0 Å². The van der Waals surface area contributed by atoms with Crippen molar-refractivity contribution < 1.29 is 0 Å². The number of hydrogen-bond acceptors (Lipinski definition) is 1. The molecular formula is C19H29N. The summed E-state index contributed by atoms with van der Waals surface area (Å²) in [5.41, 5.74) is 2.62. The maximum atomic E-state index is 4.65. The first-order valence-corrected chi connectivity index (χ1v) is 8.65. The molecule has 2 aliphatic rings. The van der Waals surface area contributed by atoms with Gasteiger partial charge in [0.2, 0.25) is 0 Å². The third-order valence-electron chi connectivity index (χ3n) is 5.85. The van der Waals surface area contributed by atoms with Crippen molar-refractivity contribution in [3.05, 3.63) is 29.6 Å². The molecule has 1 aromatic heterocycles. The molecule has 0 N–H and O–H groups in total. The molecule has 110 valence electrons. The number of aromatic nitrogens is 1. The van der Waals surface area contributed by atoms with Crippen LogP contribution in [0.3, 0.4) is 0 Å². The Hall–Kier alpha value is -0.850. The minimum absolute atomic E-state index is 0.731. The molecule has 2 saturated carbocycles. The van der Waals surface area contributed by atoms with Crippen molar-refractivity contribution >= 4 is 0 Å². The molecule has 1 heteroatoms. The van der Waals surface area contributed by atoms with E-state index >= 15 is 0 Å². The van der Waals surface area contributed by atoms with Crippen LogP contribution in [0, 0.1) is 24.7 Å². The summed E-state index contributed by atoms with van der Waals surface area (Å²) in [5, 5.41) is 0. The average molecular weight is 271 g/mol. The molecule has 3 rings (SSSR count). The average Bonchev–Trinajstić information content (AvgIpc) is 2.49. The van der Waals surface area contributed by atoms with Gasteiger partial charge in [-0.25, -0.2) is 0 Å². The zero-order valence-electron chi connectivity index (χ0n) is 13.1. The van der Waals surface area contributed by atoms with Crippen LogP contribution in [-0.2, 0) is 0 Å². The van der Waals surface area contributed by atoms with Crippen molar-refractivity contribution in [2.75, 3.05) is 0 Å². The summed E-state index contributed by atoms with van der Waals surface area (Å²) in [7, 11) is 0. The van der Waals surface area contributed by atoms with Crippen molar-refractivity contribution in [1.82, 2.24) is 4.98 Å². The molecule has 20 heavy (non-hydrogen) atoms. The summed E-state index contributed by atoms with van der Waals surface area (Å²) < 4.78 is 0. The van der Waals surface area contributed by atoms with E-state index in [0.29, 0.717) is 0 Å². The fourth-order valence-corrected chi connectivity index (χ4v) is 4.36. The van der Waals surface area contributed by atoms with Gasteiger partial charge < -0.3 is 0 Å². The van der Waals surface area contributed by atoms with Crippen LogP contribution in [0.2, 0.25) is 0 Å². The largest absolute Gasteiger partial charge is 0.261 e. The second-order valence-corrected chi connectivity index (χ2v) is 7.39. The molecule has 2 fully saturated rings. The molecule has 0 amide bonds. The van der Waals surface area contributed by atoms with E-state index in [4.69, 9.17) is 0 Å². The summed E-state index contributed by atoms with van der Waals surface area (Å²) in [6.45, 7) is 4.55. The van der Waals surface area contributed by atoms with E-state index in [0.717, 1.165) is 23.7 Å². The van der Waals surface area contributed by atoms with E-state index in [-0.39, 0.29) is 0 Å². The van der Waals surface area contributed by atoms with Crippen LogP contribution in [0.1, 0.15) is 75.5 Å². The number of pyridine rings is 1. The van der Waals surface area contributed by atoms with Gasteiger partial charge in [-0.05, 0) is 74.8 Å². The Balaban J connectivity index is 1.53. The predicted octanol–water partition coefficient (Wildman–Crippen LogP) is 5.49. The van der Waals surface area contributed by atoms with Gasteiger partial charge in [0, 0.05) is 17.8 Å². The van der Waals surface area contributed by atoms with Crippen LogP contribution >= 0.6 is 0 Å². The highest BCUT2D eigenvalue weighted by molar-refractivity contribution is 5.16. The van der Waals surface area contributed by atoms with Gasteiger partial charge >= 0.3 is 0 Å². The first-order valence-electron chi connectivity index (χ1n) is 8.65. The highest BCUT2D eigenvalue weighted by Crippen LogP contribution is 2.43. The number of rotatable bonds is 2. The fraction of sp³-hybridized carbons (Fsp3) is 0.737. The molecule has 0 saturated heterocycles. The Morgan fingerprint density at radius 2 is 1.45 bits per heavy atom. The van der Waals surface area contributed by atoms with Crippen molar-refractivity contribution in [1.29, 1.82) is 0 Å². The monoisotopic (exact) mass is 271 g/mol. The van der Waals surface area contributed by atoms with E-state index < -0.39 is 0 Å². The van der Waals surface area contributed by atoms with Gasteiger partial charge in [-0.1, -0.05) is 25.8 Å². The Morgan fingerprint density at radius 3 is 2.00 bits per heavy atom. The number of hydrogen-bond donors (Lipinski definition) is 0. The number of aryl methyl sites for hydroxylation is 1. The number of nitrogens with zero attached hydrogens (tertiary/aromatic N) is 1. The highest BCUT2D eigenvalue weighted by Gasteiger charge is 2.30. The van der Waals surface area contributed by atoms with Crippen molar-refractivity contribution in [2.45, 2.75) is 71.1 Å². The van der Waals surface area contributed by atoms with Gasteiger partial charge in [-0.3, -0.25) is 4.98 Å². The normalized spacial score (nSPS) is 34.9. The molecule has 1 nitrogen and oxygen atoms in total. The van der Waals surface area contributed by atoms with Crippen LogP contribution in [0.25, 0.3) is 0 Å². The van der Waals surface area contributed by atoms with Gasteiger partial charge in [-0.15, -0.1) is 0 Å². The van der Waals surface area contributed by atoms with Gasteiger partial charge in [0.25, 0.3) is 0 Å². The summed E-state index contributed by atoms with van der Waals surface area (Å²) in [4.78, 5) is 4.65. The lowest BCUT2D eigenvalue weighted by Crippen LogP contribution is -2.25. The van der Waals surface area contributed by atoms with Crippen LogP contribution in [-0.4, -0.2) is 4.98 Å². The zero-order valence-corrected chi connectivity index (χ0v) is 13.1. The summed E-state index contributed by atoms with van der Waals surface area (Å²) >= 11 is 0. The highest BCUT2D eigenvalue weighted by atomic mass is 14.7.